The third-order valence-corrected chi connectivity index (χ3v) is 6.28. The molecule has 2 aromatic carbocycles. The second-order valence-electron chi connectivity index (χ2n) is 6.61. The molecule has 7 nitrogen and oxygen atoms in total. The zero-order valence-corrected chi connectivity index (χ0v) is 21.2. The summed E-state index contributed by atoms with van der Waals surface area (Å²) in [5.41, 5.74) is 1.81. The Morgan fingerprint density at radius 1 is 1.22 bits per heavy atom. The molecule has 3 rings (SSSR count). The van der Waals surface area contributed by atoms with Gasteiger partial charge in [-0.25, -0.2) is 9.79 Å². The minimum Gasteiger partial charge on any atom is -0.492 e. The first-order chi connectivity index (χ1) is 15.4. The van der Waals surface area contributed by atoms with Gasteiger partial charge in [0.2, 0.25) is 0 Å². The number of rotatable bonds is 7. The normalized spacial score (nSPS) is 16.0. The van der Waals surface area contributed by atoms with Crippen molar-refractivity contribution in [2.45, 2.75) is 13.8 Å². The number of likely N-dealkylation sites (N-methyl/N-ethyl adjacent to an activating group) is 1. The lowest BCUT2D eigenvalue weighted by atomic mass is 10.2. The first-order valence-corrected chi connectivity index (χ1v) is 11.8. The molecule has 9 heteroatoms. The fourth-order valence-corrected chi connectivity index (χ4v) is 4.80. The van der Waals surface area contributed by atoms with Crippen molar-refractivity contribution >= 4 is 63.2 Å². The van der Waals surface area contributed by atoms with Gasteiger partial charge in [-0.05, 0) is 90.2 Å². The van der Waals surface area contributed by atoms with E-state index in [-0.39, 0.29) is 5.91 Å². The van der Waals surface area contributed by atoms with Gasteiger partial charge in [-0.1, -0.05) is 6.07 Å². The van der Waals surface area contributed by atoms with E-state index in [4.69, 9.17) is 14.2 Å². The number of carbonyl (C=O) groups excluding carboxylic acids is 2. The Labute approximate surface area is 205 Å². The molecule has 0 unspecified atom stereocenters. The molecule has 2 aromatic rings. The molecule has 1 aliphatic heterocycles. The Kier molecular flexibility index (Phi) is 8.19. The van der Waals surface area contributed by atoms with E-state index in [1.807, 2.05) is 25.1 Å². The van der Waals surface area contributed by atoms with Gasteiger partial charge < -0.3 is 14.2 Å². The topological polar surface area (TPSA) is 77.4 Å². The molecular formula is C23H23IN2O5S. The lowest BCUT2D eigenvalue weighted by Gasteiger charge is -2.12. The highest BCUT2D eigenvalue weighted by Crippen LogP contribution is 2.37. The SMILES string of the molecule is CCOC(=O)c1cccc(N=C2SC(=Cc3cc(I)c(OC)c(OCC)c3)C(=O)N2C)c1. The van der Waals surface area contributed by atoms with Crippen LogP contribution >= 0.6 is 34.4 Å². The van der Waals surface area contributed by atoms with E-state index < -0.39 is 5.97 Å². The third-order valence-electron chi connectivity index (χ3n) is 4.42. The Hall–Kier alpha value is -2.53. The summed E-state index contributed by atoms with van der Waals surface area (Å²) >= 11 is 3.46. The van der Waals surface area contributed by atoms with Crippen molar-refractivity contribution in [3.05, 3.63) is 56.0 Å². The van der Waals surface area contributed by atoms with Crippen LogP contribution in [0.2, 0.25) is 0 Å². The van der Waals surface area contributed by atoms with Gasteiger partial charge in [-0.2, -0.15) is 0 Å². The minimum atomic E-state index is -0.405. The summed E-state index contributed by atoms with van der Waals surface area (Å²) in [5.74, 6) is 0.736. The van der Waals surface area contributed by atoms with Crippen molar-refractivity contribution in [3.8, 4) is 11.5 Å². The first kappa shape index (κ1) is 24.1. The monoisotopic (exact) mass is 566 g/mol. The van der Waals surface area contributed by atoms with E-state index in [2.05, 4.69) is 27.6 Å². The lowest BCUT2D eigenvalue weighted by Crippen LogP contribution is -2.23. The second kappa shape index (κ2) is 10.9. The van der Waals surface area contributed by atoms with Crippen LogP contribution in [0.15, 0.2) is 46.3 Å². The smallest absolute Gasteiger partial charge is 0.338 e. The summed E-state index contributed by atoms with van der Waals surface area (Å²) in [6, 6.07) is 10.6. The van der Waals surface area contributed by atoms with Crippen molar-refractivity contribution in [1.82, 2.24) is 4.90 Å². The van der Waals surface area contributed by atoms with Gasteiger partial charge in [0.1, 0.15) is 0 Å². The van der Waals surface area contributed by atoms with Gasteiger partial charge >= 0.3 is 5.97 Å². The number of amidine groups is 1. The van der Waals surface area contributed by atoms with Crippen molar-refractivity contribution in [1.29, 1.82) is 0 Å². The van der Waals surface area contributed by atoms with Crippen LogP contribution in [0, 0.1) is 3.57 Å². The molecule has 168 valence electrons. The van der Waals surface area contributed by atoms with Crippen LogP contribution in [0.5, 0.6) is 11.5 Å². The number of nitrogens with zero attached hydrogens (tertiary/aromatic N) is 2. The number of thioether (sulfide) groups is 1. The minimum absolute atomic E-state index is 0.154. The number of benzene rings is 2. The molecule has 1 heterocycles. The first-order valence-electron chi connectivity index (χ1n) is 9.91. The summed E-state index contributed by atoms with van der Waals surface area (Å²) in [5, 5.41) is 0.524. The molecule has 0 N–H and O–H groups in total. The van der Waals surface area contributed by atoms with Gasteiger partial charge in [0.15, 0.2) is 16.7 Å². The highest BCUT2D eigenvalue weighted by Gasteiger charge is 2.30. The van der Waals surface area contributed by atoms with E-state index in [0.29, 0.717) is 46.0 Å². The highest BCUT2D eigenvalue weighted by molar-refractivity contribution is 14.1. The standard InChI is InChI=1S/C23H23IN2O5S/c1-5-30-18-11-14(10-17(24)20(18)29-4)12-19-21(27)26(3)23(32-19)25-16-9-7-8-15(13-16)22(28)31-6-2/h7-13H,5-6H2,1-4H3. The van der Waals surface area contributed by atoms with Crippen LogP contribution in [0.25, 0.3) is 6.08 Å². The van der Waals surface area contributed by atoms with Crippen LogP contribution in [-0.4, -0.2) is 49.3 Å². The summed E-state index contributed by atoms with van der Waals surface area (Å²) in [6.45, 7) is 4.47. The van der Waals surface area contributed by atoms with E-state index in [0.717, 1.165) is 9.13 Å². The average Bonchev–Trinajstić information content (AvgIpc) is 3.02. The predicted molar refractivity (Wildman–Crippen MR) is 135 cm³/mol. The molecule has 32 heavy (non-hydrogen) atoms. The molecule has 1 amide bonds. The molecule has 0 radical (unpaired) electrons. The van der Waals surface area contributed by atoms with E-state index in [1.165, 1.54) is 16.7 Å². The quantitative estimate of drug-likeness (QED) is 0.264. The number of amides is 1. The lowest BCUT2D eigenvalue weighted by molar-refractivity contribution is -0.121. The molecule has 0 spiro atoms. The summed E-state index contributed by atoms with van der Waals surface area (Å²) in [7, 11) is 3.27. The predicted octanol–water partition coefficient (Wildman–Crippen LogP) is 5.11. The number of methoxy groups -OCH3 is 1. The molecule has 0 saturated carbocycles. The van der Waals surface area contributed by atoms with Crippen molar-refractivity contribution < 1.29 is 23.8 Å². The van der Waals surface area contributed by atoms with E-state index in [9.17, 15) is 9.59 Å². The van der Waals surface area contributed by atoms with Gasteiger partial charge in [-0.3, -0.25) is 9.69 Å². The molecular weight excluding hydrogens is 543 g/mol. The van der Waals surface area contributed by atoms with Crippen LogP contribution in [-0.2, 0) is 9.53 Å². The number of hydrogen-bond acceptors (Lipinski definition) is 7. The number of hydrogen-bond donors (Lipinski definition) is 0. The van der Waals surface area contributed by atoms with Gasteiger partial charge in [0, 0.05) is 7.05 Å². The number of carbonyl (C=O) groups is 2. The molecule has 0 aromatic heterocycles. The second-order valence-corrected chi connectivity index (χ2v) is 8.78. The maximum absolute atomic E-state index is 12.8. The zero-order chi connectivity index (χ0) is 23.3. The molecule has 0 bridgehead atoms. The van der Waals surface area contributed by atoms with Crippen LogP contribution in [0.3, 0.4) is 0 Å². The summed E-state index contributed by atoms with van der Waals surface area (Å²) in [4.78, 5) is 31.4. The number of esters is 1. The third kappa shape index (κ3) is 5.44. The molecule has 0 aliphatic carbocycles. The number of ether oxygens (including phenoxy) is 3. The number of halogens is 1. The van der Waals surface area contributed by atoms with Gasteiger partial charge in [-0.15, -0.1) is 0 Å². The average molecular weight is 566 g/mol. The van der Waals surface area contributed by atoms with Crippen molar-refractivity contribution in [3.63, 3.8) is 0 Å². The Morgan fingerprint density at radius 3 is 2.69 bits per heavy atom. The maximum Gasteiger partial charge on any atom is 0.338 e. The summed E-state index contributed by atoms with van der Waals surface area (Å²) < 4.78 is 17.0. The molecule has 0 atom stereocenters. The van der Waals surface area contributed by atoms with Crippen LogP contribution in [0.4, 0.5) is 5.69 Å². The van der Waals surface area contributed by atoms with E-state index >= 15 is 0 Å². The maximum atomic E-state index is 12.8. The van der Waals surface area contributed by atoms with E-state index in [1.54, 1.807) is 45.3 Å². The van der Waals surface area contributed by atoms with Crippen LogP contribution in [0.1, 0.15) is 29.8 Å². The number of aliphatic imine (C=N–C) groups is 1. The Balaban J connectivity index is 1.90. The summed E-state index contributed by atoms with van der Waals surface area (Å²) in [6.07, 6.45) is 1.81. The van der Waals surface area contributed by atoms with Crippen molar-refractivity contribution in [2.24, 2.45) is 4.99 Å². The molecule has 1 fully saturated rings. The fraction of sp³-hybridized carbons (Fsp3) is 0.261. The Morgan fingerprint density at radius 2 is 2.00 bits per heavy atom. The highest BCUT2D eigenvalue weighted by atomic mass is 127. The fourth-order valence-electron chi connectivity index (χ4n) is 2.96. The molecule has 1 saturated heterocycles. The molecule has 1 aliphatic rings. The van der Waals surface area contributed by atoms with Gasteiger partial charge in [0.05, 0.1) is 40.0 Å². The van der Waals surface area contributed by atoms with Crippen LogP contribution < -0.4 is 9.47 Å². The Bertz CT molecular complexity index is 1100. The zero-order valence-electron chi connectivity index (χ0n) is 18.2. The van der Waals surface area contributed by atoms with Crippen molar-refractivity contribution in [2.75, 3.05) is 27.4 Å². The van der Waals surface area contributed by atoms with Gasteiger partial charge in [0.25, 0.3) is 5.91 Å². The largest absolute Gasteiger partial charge is 0.492 e.